The zero-order valence-corrected chi connectivity index (χ0v) is 50.8. The normalized spacial score (nSPS) is 12.2. The van der Waals surface area contributed by atoms with Gasteiger partial charge in [-0.2, -0.15) is 0 Å². The van der Waals surface area contributed by atoms with Gasteiger partial charge in [0, 0.05) is 16.5 Å². The van der Waals surface area contributed by atoms with Crippen molar-refractivity contribution in [1.82, 2.24) is 0 Å². The third-order valence-electron chi connectivity index (χ3n) is 15.5. The summed E-state index contributed by atoms with van der Waals surface area (Å²) in [6.07, 6.45) is 75.8. The molecule has 0 saturated heterocycles. The standard InChI is InChI=1S/C71H122N2.Ni/c1-5-9-13-15-17-19-21-23-25-27-29-31-33-35-37-39-41-43-45-47-49-52-58-66-60-54-56-63-68(66)72-70(62-12-8-4)71(65-51-11-7-3)73-69-64-57-55-61-67(69)59-53-50-48-46-44-42-40-38-36-34-32-30-28-26-24-22-20-18-16-14-10-6-2;/h45-48,54-57,60-61,63-64H,5-44,49-53,58-59,62,65H2,1-4H3;/b47-45+,48-46+,72-70?,73-71?;. The summed E-state index contributed by atoms with van der Waals surface area (Å²) in [5.74, 6) is 0. The topological polar surface area (TPSA) is 24.7 Å². The molecule has 0 aromatic heterocycles. The van der Waals surface area contributed by atoms with Gasteiger partial charge in [-0.05, 0) is 113 Å². The van der Waals surface area contributed by atoms with E-state index < -0.39 is 0 Å². The van der Waals surface area contributed by atoms with Crippen LogP contribution < -0.4 is 0 Å². The molecule has 0 atom stereocenters. The van der Waals surface area contributed by atoms with Gasteiger partial charge >= 0.3 is 0 Å². The van der Waals surface area contributed by atoms with E-state index in [0.29, 0.717) is 0 Å². The third-order valence-corrected chi connectivity index (χ3v) is 15.5. The molecule has 0 unspecified atom stereocenters. The predicted octanol–water partition coefficient (Wildman–Crippen LogP) is 25.1. The molecule has 0 spiro atoms. The molecule has 0 aliphatic heterocycles. The molecule has 2 nitrogen and oxygen atoms in total. The summed E-state index contributed by atoms with van der Waals surface area (Å²) in [7, 11) is 0. The first-order valence-electron chi connectivity index (χ1n) is 32.8. The van der Waals surface area contributed by atoms with Gasteiger partial charge in [0.15, 0.2) is 0 Å². The van der Waals surface area contributed by atoms with Gasteiger partial charge in [-0.25, -0.2) is 0 Å². The number of hydrogen-bond donors (Lipinski definition) is 0. The summed E-state index contributed by atoms with van der Waals surface area (Å²) in [6.45, 7) is 9.23. The van der Waals surface area contributed by atoms with E-state index in [4.69, 9.17) is 9.98 Å². The van der Waals surface area contributed by atoms with Crippen LogP contribution in [0.25, 0.3) is 0 Å². The van der Waals surface area contributed by atoms with Gasteiger partial charge in [0.1, 0.15) is 0 Å². The Hall–Kier alpha value is -2.25. The van der Waals surface area contributed by atoms with Gasteiger partial charge in [-0.15, -0.1) is 0 Å². The second kappa shape index (κ2) is 55.5. The first-order valence-corrected chi connectivity index (χ1v) is 32.8. The fourth-order valence-electron chi connectivity index (χ4n) is 10.6. The fourth-order valence-corrected chi connectivity index (χ4v) is 10.6. The van der Waals surface area contributed by atoms with Crippen molar-refractivity contribution < 1.29 is 16.5 Å². The minimum absolute atomic E-state index is 0. The Morgan fingerprint density at radius 2 is 0.527 bits per heavy atom. The largest absolute Gasteiger partial charge is 0.251 e. The first-order chi connectivity index (χ1) is 36.2. The molecule has 426 valence electrons. The molecule has 0 N–H and O–H groups in total. The molecule has 0 aliphatic carbocycles. The van der Waals surface area contributed by atoms with Gasteiger partial charge in [0.05, 0.1) is 22.8 Å². The number of rotatable bonds is 54. The van der Waals surface area contributed by atoms with Gasteiger partial charge in [0.25, 0.3) is 0 Å². The number of nitrogens with zero attached hydrogens (tertiary/aromatic N) is 2. The zero-order chi connectivity index (χ0) is 52.0. The van der Waals surface area contributed by atoms with Crippen LogP contribution in [0.15, 0.2) is 82.8 Å². The summed E-state index contributed by atoms with van der Waals surface area (Å²) in [5.41, 5.74) is 7.49. The smallest absolute Gasteiger partial charge is 0.0665 e. The Kier molecular flexibility index (Phi) is 52.3. The van der Waals surface area contributed by atoms with Crippen molar-refractivity contribution in [3.8, 4) is 0 Å². The van der Waals surface area contributed by atoms with Crippen molar-refractivity contribution in [2.75, 3.05) is 0 Å². The quantitative estimate of drug-likeness (QED) is 0.0273. The van der Waals surface area contributed by atoms with Crippen molar-refractivity contribution in [3.05, 3.63) is 84.0 Å². The summed E-state index contributed by atoms with van der Waals surface area (Å²) in [5, 5.41) is 0. The molecule has 3 heteroatoms. The molecule has 2 aromatic carbocycles. The molecule has 0 bridgehead atoms. The van der Waals surface area contributed by atoms with Crippen molar-refractivity contribution in [1.29, 1.82) is 0 Å². The number of para-hydroxylation sites is 2. The maximum Gasteiger partial charge on any atom is 0.0665 e. The van der Waals surface area contributed by atoms with Crippen LogP contribution in [-0.4, -0.2) is 11.4 Å². The van der Waals surface area contributed by atoms with Crippen LogP contribution in [0, 0.1) is 0 Å². The Morgan fingerprint density at radius 1 is 0.284 bits per heavy atom. The predicted molar refractivity (Wildman–Crippen MR) is 332 cm³/mol. The Bertz CT molecular complexity index is 1600. The maximum absolute atomic E-state index is 5.54. The second-order valence-electron chi connectivity index (χ2n) is 22.6. The molecule has 0 aliphatic rings. The fraction of sp³-hybridized carbons (Fsp3) is 0.746. The number of aliphatic imine (C=N–C) groups is 2. The monoisotopic (exact) mass is 1060 g/mol. The minimum atomic E-state index is 0. The van der Waals surface area contributed by atoms with Crippen LogP contribution in [0.1, 0.15) is 341 Å². The molecule has 0 heterocycles. The van der Waals surface area contributed by atoms with E-state index in [1.54, 1.807) is 0 Å². The first kappa shape index (κ1) is 69.8. The number of benzene rings is 2. The summed E-state index contributed by atoms with van der Waals surface area (Å²) in [6, 6.07) is 17.9. The molecule has 2 aromatic rings. The van der Waals surface area contributed by atoms with Crippen LogP contribution >= 0.6 is 0 Å². The molecule has 0 radical (unpaired) electrons. The van der Waals surface area contributed by atoms with Gasteiger partial charge in [-0.1, -0.05) is 313 Å². The average molecular weight is 1060 g/mol. The Labute approximate surface area is 472 Å². The molecule has 74 heavy (non-hydrogen) atoms. The SMILES string of the molecule is CCCCCCCCCCCCCCCCCCC/C=C/CCCc1ccccc1N=C(CCCC)C(CCCCC)=Nc1ccccc1CCC/C=C/CCCCCCCCCCCCCCCCCCC.[Ni]. The third kappa shape index (κ3) is 41.9. The maximum atomic E-state index is 5.54. The molecular weight excluding hydrogens is 939 g/mol. The summed E-state index contributed by atoms with van der Waals surface area (Å²) < 4.78 is 0. The summed E-state index contributed by atoms with van der Waals surface area (Å²) in [4.78, 5) is 11.1. The van der Waals surface area contributed by atoms with E-state index in [0.717, 1.165) is 56.3 Å². The number of hydrogen-bond acceptors (Lipinski definition) is 2. The van der Waals surface area contributed by atoms with Crippen molar-refractivity contribution in [3.63, 3.8) is 0 Å². The van der Waals surface area contributed by atoms with Crippen LogP contribution in [0.2, 0.25) is 0 Å². The van der Waals surface area contributed by atoms with Gasteiger partial charge < -0.3 is 0 Å². The Morgan fingerprint density at radius 3 is 0.838 bits per heavy atom. The van der Waals surface area contributed by atoms with Crippen LogP contribution in [-0.2, 0) is 29.3 Å². The zero-order valence-electron chi connectivity index (χ0n) is 49.8. The van der Waals surface area contributed by atoms with E-state index in [9.17, 15) is 0 Å². The van der Waals surface area contributed by atoms with E-state index in [2.05, 4.69) is 101 Å². The molecule has 0 amide bonds. The number of allylic oxidation sites excluding steroid dienone is 4. The van der Waals surface area contributed by atoms with Crippen molar-refractivity contribution in [2.45, 2.75) is 342 Å². The summed E-state index contributed by atoms with van der Waals surface area (Å²) >= 11 is 0. The van der Waals surface area contributed by atoms with Crippen LogP contribution in [0.5, 0.6) is 0 Å². The van der Waals surface area contributed by atoms with E-state index in [1.807, 2.05) is 0 Å². The number of aryl methyl sites for hydroxylation is 2. The number of unbranched alkanes of at least 4 members (excludes halogenated alkanes) is 39. The van der Waals surface area contributed by atoms with Gasteiger partial charge in [0.2, 0.25) is 0 Å². The van der Waals surface area contributed by atoms with E-state index in [-0.39, 0.29) is 16.5 Å². The molecular formula is C71H122N2Ni. The van der Waals surface area contributed by atoms with Crippen LogP contribution in [0.3, 0.4) is 0 Å². The van der Waals surface area contributed by atoms with Gasteiger partial charge in [-0.3, -0.25) is 9.98 Å². The van der Waals surface area contributed by atoms with Crippen LogP contribution in [0.4, 0.5) is 11.4 Å². The Balaban J connectivity index is 0.0000274. The molecule has 2 rings (SSSR count). The van der Waals surface area contributed by atoms with E-state index in [1.165, 1.54) is 292 Å². The van der Waals surface area contributed by atoms with Crippen molar-refractivity contribution >= 4 is 22.8 Å². The second-order valence-corrected chi connectivity index (χ2v) is 22.6. The average Bonchev–Trinajstić information content (AvgIpc) is 3.41. The van der Waals surface area contributed by atoms with Crippen molar-refractivity contribution in [2.24, 2.45) is 9.98 Å². The molecule has 0 fully saturated rings. The molecule has 0 saturated carbocycles. The minimum Gasteiger partial charge on any atom is -0.251 e. The van der Waals surface area contributed by atoms with E-state index >= 15 is 0 Å².